The molecule has 1 aromatic heterocycles. The molecule has 0 aliphatic carbocycles. The summed E-state index contributed by atoms with van der Waals surface area (Å²) in [6.45, 7) is 6.39. The number of anilines is 1. The van der Waals surface area contributed by atoms with Crippen LogP contribution in [0, 0.1) is 13.8 Å². The third kappa shape index (κ3) is 4.84. The number of carbonyl (C=O) groups is 1. The molecule has 2 aromatic rings. The lowest BCUT2D eigenvalue weighted by Crippen LogP contribution is -2.50. The number of alkyl halides is 2. The van der Waals surface area contributed by atoms with E-state index in [1.165, 1.54) is 0 Å². The number of hydrogen-bond acceptors (Lipinski definition) is 4. The smallest absolute Gasteiger partial charge is 0.255 e. The molecule has 3 rings (SSSR count). The molecule has 27 heavy (non-hydrogen) atoms. The van der Waals surface area contributed by atoms with Crippen molar-refractivity contribution in [3.05, 3.63) is 51.9 Å². The summed E-state index contributed by atoms with van der Waals surface area (Å²) in [4.78, 5) is 24.1. The Morgan fingerprint density at radius 1 is 1.07 bits per heavy atom. The topological polar surface area (TPSA) is 49.3 Å². The van der Waals surface area contributed by atoms with Gasteiger partial charge in [-0.3, -0.25) is 4.79 Å². The molecule has 8 heteroatoms. The van der Waals surface area contributed by atoms with Crippen molar-refractivity contribution in [3.8, 4) is 0 Å². The summed E-state index contributed by atoms with van der Waals surface area (Å²) in [5.74, 6) is 1.42. The first-order valence-electron chi connectivity index (χ1n) is 8.75. The summed E-state index contributed by atoms with van der Waals surface area (Å²) < 4.78 is 0. The highest BCUT2D eigenvalue weighted by molar-refractivity contribution is 6.53. The van der Waals surface area contributed by atoms with Gasteiger partial charge in [-0.05, 0) is 31.5 Å². The van der Waals surface area contributed by atoms with Gasteiger partial charge in [0.2, 0.25) is 0 Å². The fourth-order valence-corrected chi connectivity index (χ4v) is 3.67. The minimum absolute atomic E-state index is 0.241. The molecule has 1 fully saturated rings. The summed E-state index contributed by atoms with van der Waals surface area (Å²) in [7, 11) is 0. The van der Waals surface area contributed by atoms with Crippen molar-refractivity contribution in [2.45, 2.75) is 25.1 Å². The second-order valence-corrected chi connectivity index (χ2v) is 8.11. The second-order valence-electron chi connectivity index (χ2n) is 6.57. The molecule has 0 spiro atoms. The lowest BCUT2D eigenvalue weighted by Gasteiger charge is -2.36. The molecule has 1 saturated heterocycles. The van der Waals surface area contributed by atoms with Crippen LogP contribution in [-0.4, -0.2) is 51.8 Å². The minimum Gasteiger partial charge on any atom is -0.353 e. The molecule has 0 saturated carbocycles. The predicted molar refractivity (Wildman–Crippen MR) is 110 cm³/mol. The van der Waals surface area contributed by atoms with E-state index in [0.29, 0.717) is 31.2 Å². The zero-order valence-electron chi connectivity index (χ0n) is 15.3. The maximum atomic E-state index is 12.0. The van der Waals surface area contributed by atoms with Gasteiger partial charge in [-0.1, -0.05) is 46.9 Å². The van der Waals surface area contributed by atoms with E-state index in [1.54, 1.807) is 4.90 Å². The minimum atomic E-state index is -1.01. The van der Waals surface area contributed by atoms with Gasteiger partial charge in [0, 0.05) is 48.9 Å². The second kappa shape index (κ2) is 8.63. The van der Waals surface area contributed by atoms with Crippen molar-refractivity contribution < 1.29 is 4.79 Å². The van der Waals surface area contributed by atoms with E-state index in [-0.39, 0.29) is 5.91 Å². The maximum absolute atomic E-state index is 12.0. The Kier molecular flexibility index (Phi) is 6.45. The van der Waals surface area contributed by atoms with Crippen LogP contribution in [0.5, 0.6) is 0 Å². The molecule has 1 aromatic carbocycles. The van der Waals surface area contributed by atoms with Crippen molar-refractivity contribution in [2.75, 3.05) is 31.1 Å². The van der Waals surface area contributed by atoms with Crippen LogP contribution in [0.1, 0.15) is 22.6 Å². The highest BCUT2D eigenvalue weighted by Crippen LogP contribution is 2.26. The third-order valence-electron chi connectivity index (χ3n) is 4.68. The maximum Gasteiger partial charge on any atom is 0.255 e. The van der Waals surface area contributed by atoms with Crippen LogP contribution in [0.25, 0.3) is 0 Å². The van der Waals surface area contributed by atoms with E-state index < -0.39 is 4.84 Å². The Morgan fingerprint density at radius 2 is 1.70 bits per heavy atom. The van der Waals surface area contributed by atoms with E-state index >= 15 is 0 Å². The summed E-state index contributed by atoms with van der Waals surface area (Å²) in [6.07, 6.45) is 0.725. The van der Waals surface area contributed by atoms with Crippen LogP contribution in [0.2, 0.25) is 5.02 Å². The molecule has 0 bridgehead atoms. The number of amides is 1. The average molecular weight is 428 g/mol. The number of aromatic nitrogens is 2. The Bertz CT molecular complexity index is 818. The number of nitrogens with zero attached hydrogens (tertiary/aromatic N) is 4. The van der Waals surface area contributed by atoms with Gasteiger partial charge in [0.15, 0.2) is 4.84 Å². The standard InChI is InChI=1S/C19H21Cl3N4O/c1-12-16(11-14-3-5-15(20)6-4-14)18(24-13(2)23-12)25-7-9-26(10-8-25)19(27)17(21)22/h3-6,17H,7-11H2,1-2H3. The largest absolute Gasteiger partial charge is 0.353 e. The molecule has 0 atom stereocenters. The first kappa shape index (κ1) is 20.2. The van der Waals surface area contributed by atoms with Gasteiger partial charge in [-0.25, -0.2) is 9.97 Å². The lowest BCUT2D eigenvalue weighted by molar-refractivity contribution is -0.129. The number of hydrogen-bond donors (Lipinski definition) is 0. The average Bonchev–Trinajstić information content (AvgIpc) is 2.64. The predicted octanol–water partition coefficient (Wildman–Crippen LogP) is 3.79. The van der Waals surface area contributed by atoms with Crippen LogP contribution in [0.3, 0.4) is 0 Å². The van der Waals surface area contributed by atoms with E-state index in [2.05, 4.69) is 9.88 Å². The molecule has 5 nitrogen and oxygen atoms in total. The van der Waals surface area contributed by atoms with Crippen LogP contribution < -0.4 is 4.90 Å². The van der Waals surface area contributed by atoms with Crippen LogP contribution in [0.15, 0.2) is 24.3 Å². The summed E-state index contributed by atoms with van der Waals surface area (Å²) >= 11 is 17.4. The van der Waals surface area contributed by atoms with Gasteiger partial charge >= 0.3 is 0 Å². The molecule has 2 heterocycles. The SMILES string of the molecule is Cc1nc(C)c(Cc2ccc(Cl)cc2)c(N2CCN(C(=O)C(Cl)Cl)CC2)n1. The first-order chi connectivity index (χ1) is 12.8. The van der Waals surface area contributed by atoms with Crippen molar-refractivity contribution in [2.24, 2.45) is 0 Å². The number of carbonyl (C=O) groups excluding carboxylic acids is 1. The van der Waals surface area contributed by atoms with Gasteiger partial charge in [-0.2, -0.15) is 0 Å². The summed E-state index contributed by atoms with van der Waals surface area (Å²) in [6, 6.07) is 7.81. The van der Waals surface area contributed by atoms with Crippen molar-refractivity contribution in [1.82, 2.24) is 14.9 Å². The monoisotopic (exact) mass is 426 g/mol. The molecular formula is C19H21Cl3N4O. The molecule has 1 aliphatic rings. The van der Waals surface area contributed by atoms with Crippen molar-refractivity contribution in [1.29, 1.82) is 0 Å². The number of rotatable bonds is 4. The van der Waals surface area contributed by atoms with Crippen molar-refractivity contribution >= 4 is 46.5 Å². The van der Waals surface area contributed by atoms with Crippen LogP contribution >= 0.6 is 34.8 Å². The highest BCUT2D eigenvalue weighted by Gasteiger charge is 2.27. The first-order valence-corrected chi connectivity index (χ1v) is 10.0. The molecule has 0 unspecified atom stereocenters. The Morgan fingerprint density at radius 3 is 2.30 bits per heavy atom. The van der Waals surface area contributed by atoms with Crippen LogP contribution in [-0.2, 0) is 11.2 Å². The highest BCUT2D eigenvalue weighted by atomic mass is 35.5. The fourth-order valence-electron chi connectivity index (χ4n) is 3.27. The van der Waals surface area contributed by atoms with E-state index in [4.69, 9.17) is 39.8 Å². The number of aryl methyl sites for hydroxylation is 2. The quantitative estimate of drug-likeness (QED) is 0.697. The summed E-state index contributed by atoms with van der Waals surface area (Å²) in [5.41, 5.74) is 3.21. The molecule has 0 radical (unpaired) electrons. The molecular weight excluding hydrogens is 407 g/mol. The zero-order valence-corrected chi connectivity index (χ0v) is 17.5. The Balaban J connectivity index is 1.83. The number of halogens is 3. The van der Waals surface area contributed by atoms with E-state index in [9.17, 15) is 4.79 Å². The Hall–Kier alpha value is -1.56. The van der Waals surface area contributed by atoms with Crippen molar-refractivity contribution in [3.63, 3.8) is 0 Å². The molecule has 1 amide bonds. The van der Waals surface area contributed by atoms with Gasteiger partial charge in [0.25, 0.3) is 5.91 Å². The third-order valence-corrected chi connectivity index (χ3v) is 5.30. The Labute approximate surface area is 174 Å². The molecule has 144 valence electrons. The van der Waals surface area contributed by atoms with Gasteiger partial charge in [0.1, 0.15) is 11.6 Å². The van der Waals surface area contributed by atoms with Gasteiger partial charge < -0.3 is 9.80 Å². The van der Waals surface area contributed by atoms with Gasteiger partial charge in [0.05, 0.1) is 0 Å². The lowest BCUT2D eigenvalue weighted by atomic mass is 10.0. The molecule has 0 N–H and O–H groups in total. The molecule has 1 aliphatic heterocycles. The van der Waals surface area contributed by atoms with E-state index in [1.807, 2.05) is 38.1 Å². The number of benzene rings is 1. The normalized spacial score (nSPS) is 14.7. The number of piperazine rings is 1. The zero-order chi connectivity index (χ0) is 19.6. The van der Waals surface area contributed by atoms with Gasteiger partial charge in [-0.15, -0.1) is 0 Å². The fraction of sp³-hybridized carbons (Fsp3) is 0.421. The van der Waals surface area contributed by atoms with E-state index in [0.717, 1.165) is 34.9 Å². The summed E-state index contributed by atoms with van der Waals surface area (Å²) in [5, 5.41) is 0.716. The van der Waals surface area contributed by atoms with Crippen LogP contribution in [0.4, 0.5) is 5.82 Å².